The van der Waals surface area contributed by atoms with Gasteiger partial charge in [-0.25, -0.2) is 14.9 Å². The predicted octanol–water partition coefficient (Wildman–Crippen LogP) is 1.42. The normalized spacial score (nSPS) is 10.8. The molecule has 0 aliphatic carbocycles. The maximum atomic E-state index is 11.6. The quantitative estimate of drug-likeness (QED) is 0.872. The molecule has 18 heavy (non-hydrogen) atoms. The Labute approximate surface area is 109 Å². The lowest BCUT2D eigenvalue weighted by atomic mass is 10.3. The van der Waals surface area contributed by atoms with E-state index in [9.17, 15) is 4.79 Å². The highest BCUT2D eigenvalue weighted by atomic mass is 32.2. The number of rotatable bonds is 4. The van der Waals surface area contributed by atoms with Crippen LogP contribution in [0.2, 0.25) is 0 Å². The molecule has 0 aromatic carbocycles. The highest BCUT2D eigenvalue weighted by Crippen LogP contribution is 2.26. The van der Waals surface area contributed by atoms with E-state index in [4.69, 9.17) is 5.73 Å². The molecule has 0 fully saturated rings. The van der Waals surface area contributed by atoms with Crippen LogP contribution in [0.3, 0.4) is 0 Å². The molecule has 6 nitrogen and oxygen atoms in total. The van der Waals surface area contributed by atoms with Crippen molar-refractivity contribution < 1.29 is 0 Å². The summed E-state index contributed by atoms with van der Waals surface area (Å²) < 4.78 is 1.61. The maximum absolute atomic E-state index is 11.6. The Morgan fingerprint density at radius 3 is 3.00 bits per heavy atom. The molecule has 0 amide bonds. The van der Waals surface area contributed by atoms with Gasteiger partial charge in [0.25, 0.3) is 0 Å². The summed E-state index contributed by atoms with van der Waals surface area (Å²) >= 11 is 1.36. The number of anilines is 1. The van der Waals surface area contributed by atoms with Crippen molar-refractivity contribution >= 4 is 17.4 Å². The van der Waals surface area contributed by atoms with Gasteiger partial charge in [-0.05, 0) is 36.7 Å². The van der Waals surface area contributed by atoms with Crippen molar-refractivity contribution in [2.45, 2.75) is 37.0 Å². The number of aromatic amines is 1. The summed E-state index contributed by atoms with van der Waals surface area (Å²) in [6.07, 6.45) is 2.48. The Kier molecular flexibility index (Phi) is 3.71. The second-order valence-corrected chi connectivity index (χ2v) is 4.91. The van der Waals surface area contributed by atoms with E-state index in [1.165, 1.54) is 11.8 Å². The zero-order valence-corrected chi connectivity index (χ0v) is 11.1. The van der Waals surface area contributed by atoms with E-state index in [0.29, 0.717) is 17.4 Å². The fourth-order valence-electron chi connectivity index (χ4n) is 1.58. The number of nitrogens with zero attached hydrogens (tertiary/aromatic N) is 3. The fourth-order valence-corrected chi connectivity index (χ4v) is 2.45. The molecule has 2 heterocycles. The molecular formula is C11H15N5OS. The van der Waals surface area contributed by atoms with E-state index in [1.807, 2.05) is 19.9 Å². The van der Waals surface area contributed by atoms with Crippen LogP contribution in [0.4, 0.5) is 5.69 Å². The van der Waals surface area contributed by atoms with Gasteiger partial charge in [-0.3, -0.25) is 4.57 Å². The van der Waals surface area contributed by atoms with Crippen LogP contribution in [0.5, 0.6) is 0 Å². The van der Waals surface area contributed by atoms with Gasteiger partial charge in [0.2, 0.25) is 0 Å². The Balaban J connectivity index is 2.31. The minimum atomic E-state index is -0.188. The third-order valence-electron chi connectivity index (χ3n) is 2.41. The van der Waals surface area contributed by atoms with Crippen molar-refractivity contribution in [2.24, 2.45) is 0 Å². The number of aryl methyl sites for hydroxylation is 1. The summed E-state index contributed by atoms with van der Waals surface area (Å²) in [7, 11) is 0. The first-order valence-corrected chi connectivity index (χ1v) is 6.48. The standard InChI is InChI=1S/C11H15N5OS/c1-3-4-16-10(17)14-15-11(16)18-9-7(2)5-8(12)6-13-9/h5-6H,3-4,12H2,1-2H3,(H,14,17). The molecule has 2 rings (SSSR count). The van der Waals surface area contributed by atoms with Crippen LogP contribution in [0.25, 0.3) is 0 Å². The van der Waals surface area contributed by atoms with Gasteiger partial charge in [0.15, 0.2) is 5.16 Å². The molecule has 2 aromatic rings. The molecule has 0 unspecified atom stereocenters. The Bertz CT molecular complexity index is 604. The summed E-state index contributed by atoms with van der Waals surface area (Å²) in [5.74, 6) is 0. The van der Waals surface area contributed by atoms with E-state index < -0.39 is 0 Å². The van der Waals surface area contributed by atoms with Crippen molar-refractivity contribution in [2.75, 3.05) is 5.73 Å². The smallest absolute Gasteiger partial charge is 0.343 e. The number of nitrogen functional groups attached to an aromatic ring is 1. The number of H-pyrrole nitrogens is 1. The zero-order chi connectivity index (χ0) is 13.1. The summed E-state index contributed by atoms with van der Waals surface area (Å²) in [6, 6.07) is 1.85. The van der Waals surface area contributed by atoms with E-state index >= 15 is 0 Å². The van der Waals surface area contributed by atoms with Gasteiger partial charge < -0.3 is 5.73 Å². The molecule has 96 valence electrons. The van der Waals surface area contributed by atoms with Crippen LogP contribution in [0, 0.1) is 6.92 Å². The molecule has 0 aliphatic heterocycles. The molecule has 7 heteroatoms. The number of pyridine rings is 1. The van der Waals surface area contributed by atoms with Crippen LogP contribution < -0.4 is 11.4 Å². The maximum Gasteiger partial charge on any atom is 0.343 e. The van der Waals surface area contributed by atoms with Crippen LogP contribution in [-0.4, -0.2) is 19.7 Å². The minimum absolute atomic E-state index is 0.188. The highest BCUT2D eigenvalue weighted by molar-refractivity contribution is 7.99. The average Bonchev–Trinajstić information content (AvgIpc) is 2.66. The Morgan fingerprint density at radius 2 is 2.33 bits per heavy atom. The number of nitrogens with two attached hydrogens (primary N) is 1. The van der Waals surface area contributed by atoms with E-state index in [2.05, 4.69) is 15.2 Å². The topological polar surface area (TPSA) is 89.6 Å². The number of aromatic nitrogens is 4. The largest absolute Gasteiger partial charge is 0.397 e. The number of hydrogen-bond donors (Lipinski definition) is 2. The Hall–Kier alpha value is -1.76. The predicted molar refractivity (Wildman–Crippen MR) is 70.6 cm³/mol. The van der Waals surface area contributed by atoms with Crippen molar-refractivity contribution in [1.29, 1.82) is 0 Å². The van der Waals surface area contributed by atoms with Gasteiger partial charge in [0.05, 0.1) is 11.9 Å². The van der Waals surface area contributed by atoms with Gasteiger partial charge in [-0.15, -0.1) is 5.10 Å². The summed E-state index contributed by atoms with van der Waals surface area (Å²) in [4.78, 5) is 15.8. The average molecular weight is 265 g/mol. The van der Waals surface area contributed by atoms with Crippen molar-refractivity contribution in [3.05, 3.63) is 28.3 Å². The molecule has 0 spiro atoms. The first-order valence-electron chi connectivity index (χ1n) is 5.67. The number of hydrogen-bond acceptors (Lipinski definition) is 5. The molecule has 0 bridgehead atoms. The monoisotopic (exact) mass is 265 g/mol. The van der Waals surface area contributed by atoms with Gasteiger partial charge in [-0.1, -0.05) is 6.92 Å². The molecule has 0 saturated heterocycles. The highest BCUT2D eigenvalue weighted by Gasteiger charge is 2.11. The number of nitrogens with one attached hydrogen (secondary N) is 1. The van der Waals surface area contributed by atoms with Crippen LogP contribution in [0.15, 0.2) is 27.2 Å². The van der Waals surface area contributed by atoms with Gasteiger partial charge in [0.1, 0.15) is 5.03 Å². The first kappa shape index (κ1) is 12.7. The lowest BCUT2D eigenvalue weighted by molar-refractivity contribution is 0.603. The third-order valence-corrected chi connectivity index (χ3v) is 3.52. The molecule has 2 aromatic heterocycles. The van der Waals surface area contributed by atoms with Gasteiger partial charge in [0, 0.05) is 6.54 Å². The van der Waals surface area contributed by atoms with E-state index in [0.717, 1.165) is 17.0 Å². The van der Waals surface area contributed by atoms with Gasteiger partial charge in [-0.2, -0.15) is 0 Å². The molecule has 0 atom stereocenters. The molecule has 0 aliphatic rings. The van der Waals surface area contributed by atoms with E-state index in [-0.39, 0.29) is 5.69 Å². The van der Waals surface area contributed by atoms with Gasteiger partial charge >= 0.3 is 5.69 Å². The van der Waals surface area contributed by atoms with E-state index in [1.54, 1.807) is 10.8 Å². The van der Waals surface area contributed by atoms with Crippen LogP contribution in [0.1, 0.15) is 18.9 Å². The lowest BCUT2D eigenvalue weighted by Crippen LogP contribution is -2.17. The second-order valence-electron chi connectivity index (χ2n) is 3.96. The summed E-state index contributed by atoms with van der Waals surface area (Å²) in [5, 5.41) is 7.90. The summed E-state index contributed by atoms with van der Waals surface area (Å²) in [6.45, 7) is 4.59. The van der Waals surface area contributed by atoms with Crippen molar-refractivity contribution in [3.63, 3.8) is 0 Å². The molecular weight excluding hydrogens is 250 g/mol. The van der Waals surface area contributed by atoms with Crippen molar-refractivity contribution in [3.8, 4) is 0 Å². The van der Waals surface area contributed by atoms with Crippen LogP contribution >= 0.6 is 11.8 Å². The molecule has 0 radical (unpaired) electrons. The SMILES string of the molecule is CCCn1c(Sc2ncc(N)cc2C)n[nH]c1=O. The lowest BCUT2D eigenvalue weighted by Gasteiger charge is -2.05. The summed E-state index contributed by atoms with van der Waals surface area (Å²) in [5.41, 5.74) is 7.07. The molecule has 0 saturated carbocycles. The second kappa shape index (κ2) is 5.26. The fraction of sp³-hybridized carbons (Fsp3) is 0.364. The zero-order valence-electron chi connectivity index (χ0n) is 10.3. The molecule has 3 N–H and O–H groups in total. The first-order chi connectivity index (χ1) is 8.61. The Morgan fingerprint density at radius 1 is 1.56 bits per heavy atom. The van der Waals surface area contributed by atoms with Crippen LogP contribution in [-0.2, 0) is 6.54 Å². The third kappa shape index (κ3) is 2.56. The van der Waals surface area contributed by atoms with Crippen molar-refractivity contribution in [1.82, 2.24) is 19.7 Å². The minimum Gasteiger partial charge on any atom is -0.397 e.